The lowest BCUT2D eigenvalue weighted by Gasteiger charge is -2.10. The van der Waals surface area contributed by atoms with Gasteiger partial charge in [-0.25, -0.2) is 4.98 Å². The number of nitrogens with zero attached hydrogens (tertiary/aromatic N) is 1. The molecule has 0 aliphatic rings. The van der Waals surface area contributed by atoms with Crippen LogP contribution in [-0.4, -0.2) is 25.0 Å². The van der Waals surface area contributed by atoms with Crippen LogP contribution in [0.4, 0.5) is 10.8 Å². The highest BCUT2D eigenvalue weighted by Crippen LogP contribution is 2.32. The van der Waals surface area contributed by atoms with Gasteiger partial charge in [-0.3, -0.25) is 4.79 Å². The number of aromatic nitrogens is 1. The third kappa shape index (κ3) is 3.03. The molecular formula is C13H15N3O2S. The van der Waals surface area contributed by atoms with Gasteiger partial charge in [-0.1, -0.05) is 0 Å². The third-order valence-electron chi connectivity index (χ3n) is 2.52. The van der Waals surface area contributed by atoms with E-state index in [1.807, 2.05) is 30.6 Å². The van der Waals surface area contributed by atoms with E-state index in [4.69, 9.17) is 4.74 Å². The second-order valence-corrected chi connectivity index (χ2v) is 4.74. The van der Waals surface area contributed by atoms with Gasteiger partial charge in [0, 0.05) is 24.9 Å². The minimum absolute atomic E-state index is 0.135. The smallest absolute Gasteiger partial charge is 0.221 e. The molecule has 1 amide bonds. The Morgan fingerprint density at radius 2 is 2.21 bits per heavy atom. The second kappa shape index (κ2) is 5.71. The molecule has 0 radical (unpaired) electrons. The van der Waals surface area contributed by atoms with Gasteiger partial charge in [-0.15, -0.1) is 11.3 Å². The standard InChI is InChI=1S/C13H15N3O2S/c1-8(17)15-10-6-9(4-5-12(10)18-3)11-7-19-13(14-2)16-11/h4-7H,1-3H3,(H,14,16)(H,15,17). The maximum Gasteiger partial charge on any atom is 0.221 e. The van der Waals surface area contributed by atoms with Gasteiger partial charge in [0.1, 0.15) is 5.75 Å². The average Bonchev–Trinajstić information content (AvgIpc) is 2.86. The number of carbonyl (C=O) groups is 1. The van der Waals surface area contributed by atoms with Gasteiger partial charge in [0.25, 0.3) is 0 Å². The van der Waals surface area contributed by atoms with Gasteiger partial charge in [0.2, 0.25) is 5.91 Å². The number of carbonyl (C=O) groups excluding carboxylic acids is 1. The summed E-state index contributed by atoms with van der Waals surface area (Å²) in [7, 11) is 3.40. The predicted molar refractivity (Wildman–Crippen MR) is 78.0 cm³/mol. The third-order valence-corrected chi connectivity index (χ3v) is 3.38. The Bertz CT molecular complexity index is 595. The highest BCUT2D eigenvalue weighted by atomic mass is 32.1. The molecule has 1 heterocycles. The molecule has 0 aliphatic carbocycles. The first kappa shape index (κ1) is 13.4. The first-order valence-corrected chi connectivity index (χ1v) is 6.61. The van der Waals surface area contributed by atoms with E-state index in [9.17, 15) is 4.79 Å². The maximum atomic E-state index is 11.2. The Morgan fingerprint density at radius 1 is 1.42 bits per heavy atom. The number of ether oxygens (including phenoxy) is 1. The fourth-order valence-corrected chi connectivity index (χ4v) is 2.36. The average molecular weight is 277 g/mol. The SMILES string of the molecule is CNc1nc(-c2ccc(OC)c(NC(C)=O)c2)cs1. The molecule has 0 fully saturated rings. The maximum absolute atomic E-state index is 11.2. The first-order chi connectivity index (χ1) is 9.13. The van der Waals surface area contributed by atoms with E-state index in [0.29, 0.717) is 11.4 Å². The number of hydrogen-bond donors (Lipinski definition) is 2. The quantitative estimate of drug-likeness (QED) is 0.902. The van der Waals surface area contributed by atoms with Crippen LogP contribution in [0.5, 0.6) is 5.75 Å². The molecule has 100 valence electrons. The largest absolute Gasteiger partial charge is 0.495 e. The summed E-state index contributed by atoms with van der Waals surface area (Å²) in [5, 5.41) is 8.57. The fourth-order valence-electron chi connectivity index (χ4n) is 1.68. The van der Waals surface area contributed by atoms with Crippen molar-refractivity contribution in [1.82, 2.24) is 4.98 Å². The second-order valence-electron chi connectivity index (χ2n) is 3.88. The Hall–Kier alpha value is -2.08. The van der Waals surface area contributed by atoms with Crippen molar-refractivity contribution in [2.45, 2.75) is 6.92 Å². The Balaban J connectivity index is 2.38. The van der Waals surface area contributed by atoms with Crippen molar-refractivity contribution >= 4 is 28.1 Å². The van der Waals surface area contributed by atoms with E-state index in [1.165, 1.54) is 18.3 Å². The summed E-state index contributed by atoms with van der Waals surface area (Å²) in [6.07, 6.45) is 0. The van der Waals surface area contributed by atoms with E-state index in [0.717, 1.165) is 16.4 Å². The lowest BCUT2D eigenvalue weighted by Crippen LogP contribution is -2.07. The van der Waals surface area contributed by atoms with Crippen LogP contribution in [0.1, 0.15) is 6.92 Å². The zero-order valence-corrected chi connectivity index (χ0v) is 11.8. The molecule has 0 saturated carbocycles. The minimum atomic E-state index is -0.135. The van der Waals surface area contributed by atoms with Crippen LogP contribution in [0.25, 0.3) is 11.3 Å². The number of anilines is 2. The summed E-state index contributed by atoms with van der Waals surface area (Å²) in [6, 6.07) is 5.59. The van der Waals surface area contributed by atoms with Crippen LogP contribution in [0.2, 0.25) is 0 Å². The topological polar surface area (TPSA) is 63.3 Å². The van der Waals surface area contributed by atoms with Gasteiger partial charge in [-0.2, -0.15) is 0 Å². The van der Waals surface area contributed by atoms with Crippen molar-refractivity contribution < 1.29 is 9.53 Å². The molecule has 19 heavy (non-hydrogen) atoms. The van der Waals surface area contributed by atoms with E-state index in [2.05, 4.69) is 15.6 Å². The monoisotopic (exact) mass is 277 g/mol. The van der Waals surface area contributed by atoms with E-state index < -0.39 is 0 Å². The minimum Gasteiger partial charge on any atom is -0.495 e. The predicted octanol–water partition coefficient (Wildman–Crippen LogP) is 2.82. The molecule has 0 unspecified atom stereocenters. The molecule has 6 heteroatoms. The number of rotatable bonds is 4. The van der Waals surface area contributed by atoms with Crippen LogP contribution < -0.4 is 15.4 Å². The molecule has 1 aromatic heterocycles. The van der Waals surface area contributed by atoms with Crippen LogP contribution in [0, 0.1) is 0 Å². The van der Waals surface area contributed by atoms with Crippen molar-refractivity contribution in [1.29, 1.82) is 0 Å². The summed E-state index contributed by atoms with van der Waals surface area (Å²) in [4.78, 5) is 15.6. The molecule has 2 rings (SSSR count). The Morgan fingerprint density at radius 3 is 2.79 bits per heavy atom. The molecule has 5 nitrogen and oxygen atoms in total. The lowest BCUT2D eigenvalue weighted by atomic mass is 10.1. The molecular weight excluding hydrogens is 262 g/mol. The fraction of sp³-hybridized carbons (Fsp3) is 0.231. The van der Waals surface area contributed by atoms with Gasteiger partial charge in [0.05, 0.1) is 18.5 Å². The molecule has 0 saturated heterocycles. The van der Waals surface area contributed by atoms with Crippen molar-refractivity contribution in [3.63, 3.8) is 0 Å². The van der Waals surface area contributed by atoms with Gasteiger partial charge in [0.15, 0.2) is 5.13 Å². The van der Waals surface area contributed by atoms with Crippen LogP contribution in [0.3, 0.4) is 0 Å². The number of benzene rings is 1. The summed E-state index contributed by atoms with van der Waals surface area (Å²) >= 11 is 1.53. The number of amides is 1. The zero-order chi connectivity index (χ0) is 13.8. The van der Waals surface area contributed by atoms with Gasteiger partial charge >= 0.3 is 0 Å². The molecule has 2 aromatic rings. The van der Waals surface area contributed by atoms with Gasteiger partial charge in [-0.05, 0) is 18.2 Å². The lowest BCUT2D eigenvalue weighted by molar-refractivity contribution is -0.114. The van der Waals surface area contributed by atoms with Crippen LogP contribution in [-0.2, 0) is 4.79 Å². The molecule has 0 bridgehead atoms. The van der Waals surface area contributed by atoms with Gasteiger partial charge < -0.3 is 15.4 Å². The number of nitrogens with one attached hydrogen (secondary N) is 2. The van der Waals surface area contributed by atoms with E-state index >= 15 is 0 Å². The molecule has 1 aromatic carbocycles. The molecule has 0 atom stereocenters. The van der Waals surface area contributed by atoms with E-state index in [1.54, 1.807) is 7.11 Å². The number of hydrogen-bond acceptors (Lipinski definition) is 5. The van der Waals surface area contributed by atoms with Crippen molar-refractivity contribution in [3.8, 4) is 17.0 Å². The van der Waals surface area contributed by atoms with Crippen LogP contribution >= 0.6 is 11.3 Å². The molecule has 0 spiro atoms. The Kier molecular flexibility index (Phi) is 4.01. The van der Waals surface area contributed by atoms with Crippen molar-refractivity contribution in [2.24, 2.45) is 0 Å². The number of methoxy groups -OCH3 is 1. The summed E-state index contributed by atoms with van der Waals surface area (Å²) in [5.74, 6) is 0.493. The van der Waals surface area contributed by atoms with Crippen LogP contribution in [0.15, 0.2) is 23.6 Å². The Labute approximate surface area is 115 Å². The first-order valence-electron chi connectivity index (χ1n) is 5.73. The zero-order valence-electron chi connectivity index (χ0n) is 11.0. The summed E-state index contributed by atoms with van der Waals surface area (Å²) in [5.41, 5.74) is 2.44. The summed E-state index contributed by atoms with van der Waals surface area (Å²) < 4.78 is 5.22. The normalized spacial score (nSPS) is 10.1. The highest BCUT2D eigenvalue weighted by Gasteiger charge is 2.09. The highest BCUT2D eigenvalue weighted by molar-refractivity contribution is 7.14. The number of thiazole rings is 1. The van der Waals surface area contributed by atoms with Crippen molar-refractivity contribution in [2.75, 3.05) is 24.8 Å². The molecule has 2 N–H and O–H groups in total. The van der Waals surface area contributed by atoms with Crippen molar-refractivity contribution in [3.05, 3.63) is 23.6 Å². The molecule has 0 aliphatic heterocycles. The van der Waals surface area contributed by atoms with E-state index in [-0.39, 0.29) is 5.91 Å². The summed E-state index contributed by atoms with van der Waals surface area (Å²) in [6.45, 7) is 1.47.